The summed E-state index contributed by atoms with van der Waals surface area (Å²) in [6.07, 6.45) is 3.10. The molecule has 0 aliphatic carbocycles. The van der Waals surface area contributed by atoms with E-state index >= 15 is 0 Å². The van der Waals surface area contributed by atoms with Gasteiger partial charge in [0, 0.05) is 11.8 Å². The summed E-state index contributed by atoms with van der Waals surface area (Å²) in [5.74, 6) is -0.923. The van der Waals surface area contributed by atoms with Gasteiger partial charge >= 0.3 is 0 Å². The maximum atomic E-state index is 13.1. The fourth-order valence-electron chi connectivity index (χ4n) is 2.87. The van der Waals surface area contributed by atoms with Gasteiger partial charge in [0.05, 0.1) is 17.9 Å². The van der Waals surface area contributed by atoms with Crippen molar-refractivity contribution in [1.29, 1.82) is 0 Å². The highest BCUT2D eigenvalue weighted by Gasteiger charge is 2.10. The van der Waals surface area contributed by atoms with Crippen LogP contribution in [0.4, 0.5) is 8.78 Å². The summed E-state index contributed by atoms with van der Waals surface area (Å²) in [4.78, 5) is 23.7. The largest absolute Gasteiger partial charge is 0.357 e. The lowest BCUT2D eigenvalue weighted by atomic mass is 10.1. The zero-order valence-electron chi connectivity index (χ0n) is 15.2. The van der Waals surface area contributed by atoms with Gasteiger partial charge in [-0.3, -0.25) is 4.79 Å². The first kappa shape index (κ1) is 18.5. The monoisotopic (exact) mass is 390 g/mol. The van der Waals surface area contributed by atoms with Crippen LogP contribution in [0.25, 0.3) is 22.4 Å². The molecule has 1 amide bonds. The third kappa shape index (κ3) is 4.35. The number of hydrogen-bond donors (Lipinski definition) is 2. The maximum Gasteiger partial charge on any atom is 0.268 e. The molecule has 0 atom stereocenters. The number of nitrogens with one attached hydrogen (secondary N) is 2. The summed E-state index contributed by atoms with van der Waals surface area (Å²) in [5.41, 5.74) is 4.00. The summed E-state index contributed by atoms with van der Waals surface area (Å²) < 4.78 is 26.1. The summed E-state index contributed by atoms with van der Waals surface area (Å²) in [7, 11) is 0. The van der Waals surface area contributed by atoms with Gasteiger partial charge in [-0.15, -0.1) is 0 Å². The lowest BCUT2D eigenvalue weighted by Gasteiger charge is -2.06. The number of aromatic amines is 1. The van der Waals surface area contributed by atoms with E-state index in [0.717, 1.165) is 16.7 Å². The molecule has 0 radical (unpaired) electrons. The highest BCUT2D eigenvalue weighted by Crippen LogP contribution is 2.21. The van der Waals surface area contributed by atoms with E-state index in [9.17, 15) is 13.6 Å². The number of aromatic nitrogens is 3. The fourth-order valence-corrected chi connectivity index (χ4v) is 2.87. The molecule has 2 aromatic carbocycles. The Morgan fingerprint density at radius 1 is 0.862 bits per heavy atom. The van der Waals surface area contributed by atoms with Gasteiger partial charge in [0.1, 0.15) is 23.7 Å². The number of benzene rings is 2. The lowest BCUT2D eigenvalue weighted by Crippen LogP contribution is -2.23. The minimum absolute atomic E-state index is 0.209. The number of hydrogen-bond acceptors (Lipinski definition) is 3. The highest BCUT2D eigenvalue weighted by atomic mass is 19.1. The van der Waals surface area contributed by atoms with E-state index in [4.69, 9.17) is 0 Å². The minimum atomic E-state index is -0.318. The molecule has 2 heterocycles. The van der Waals surface area contributed by atoms with Crippen molar-refractivity contribution >= 4 is 5.91 Å². The average Bonchev–Trinajstić information content (AvgIpc) is 3.24. The van der Waals surface area contributed by atoms with Crippen LogP contribution in [0.2, 0.25) is 0 Å². The number of halogens is 2. The second-order valence-electron chi connectivity index (χ2n) is 6.39. The van der Waals surface area contributed by atoms with Crippen LogP contribution in [-0.2, 0) is 6.54 Å². The molecular weight excluding hydrogens is 374 g/mol. The zero-order valence-corrected chi connectivity index (χ0v) is 15.2. The van der Waals surface area contributed by atoms with Crippen LogP contribution in [0.1, 0.15) is 16.2 Å². The average molecular weight is 390 g/mol. The van der Waals surface area contributed by atoms with E-state index in [1.807, 2.05) is 0 Å². The molecule has 0 saturated carbocycles. The van der Waals surface area contributed by atoms with E-state index in [-0.39, 0.29) is 24.1 Å². The van der Waals surface area contributed by atoms with Crippen LogP contribution in [0.3, 0.4) is 0 Å². The van der Waals surface area contributed by atoms with E-state index < -0.39 is 0 Å². The Hall–Kier alpha value is -3.87. The molecule has 0 aliphatic rings. The predicted octanol–water partition coefficient (Wildman–Crippen LogP) is 4.35. The van der Waals surface area contributed by atoms with E-state index in [2.05, 4.69) is 20.3 Å². The van der Waals surface area contributed by atoms with Gasteiger partial charge in [-0.2, -0.15) is 0 Å². The first-order valence-electron chi connectivity index (χ1n) is 8.88. The minimum Gasteiger partial charge on any atom is -0.357 e. The van der Waals surface area contributed by atoms with Crippen LogP contribution < -0.4 is 5.32 Å². The molecule has 2 aromatic heterocycles. The van der Waals surface area contributed by atoms with Crippen molar-refractivity contribution in [2.45, 2.75) is 6.54 Å². The Morgan fingerprint density at radius 3 is 2.21 bits per heavy atom. The summed E-state index contributed by atoms with van der Waals surface area (Å²) in [6, 6.07) is 15.5. The molecule has 0 fully saturated rings. The quantitative estimate of drug-likeness (QED) is 0.532. The molecule has 0 unspecified atom stereocenters. The van der Waals surface area contributed by atoms with Crippen molar-refractivity contribution in [3.05, 3.63) is 96.2 Å². The first-order valence-corrected chi connectivity index (χ1v) is 8.88. The normalized spacial score (nSPS) is 10.7. The van der Waals surface area contributed by atoms with Crippen LogP contribution >= 0.6 is 0 Å². The van der Waals surface area contributed by atoms with Crippen molar-refractivity contribution in [2.24, 2.45) is 0 Å². The van der Waals surface area contributed by atoms with E-state index in [0.29, 0.717) is 17.1 Å². The Labute approximate surface area is 165 Å². The molecule has 144 valence electrons. The standard InChI is InChI=1S/C22H16F2N4O/c23-17-5-1-14(2-6-17)16-9-21(25-11-16)22(29)26-12-19-10-20(28-13-27-19)15-3-7-18(24)8-4-15/h1-11,13,25H,12H2,(H,26,29). The number of carbonyl (C=O) groups is 1. The Morgan fingerprint density at radius 2 is 1.52 bits per heavy atom. The molecule has 2 N–H and O–H groups in total. The molecular formula is C22H16F2N4O. The van der Waals surface area contributed by atoms with Gasteiger partial charge in [-0.25, -0.2) is 18.7 Å². The van der Waals surface area contributed by atoms with Gasteiger partial charge in [0.2, 0.25) is 0 Å². The maximum absolute atomic E-state index is 13.1. The van der Waals surface area contributed by atoms with E-state index in [1.165, 1.54) is 30.6 Å². The Balaban J connectivity index is 1.43. The summed E-state index contributed by atoms with van der Waals surface area (Å²) in [5, 5.41) is 2.80. The van der Waals surface area contributed by atoms with Crippen LogP contribution in [-0.4, -0.2) is 20.9 Å². The molecule has 0 saturated heterocycles. The van der Waals surface area contributed by atoms with E-state index in [1.54, 1.807) is 42.6 Å². The molecule has 4 rings (SSSR count). The van der Waals surface area contributed by atoms with Crippen molar-refractivity contribution in [1.82, 2.24) is 20.3 Å². The fraction of sp³-hybridized carbons (Fsp3) is 0.0455. The topological polar surface area (TPSA) is 70.7 Å². The third-order valence-electron chi connectivity index (χ3n) is 4.40. The summed E-state index contributed by atoms with van der Waals surface area (Å²) in [6.45, 7) is 0.209. The van der Waals surface area contributed by atoms with Gasteiger partial charge in [0.15, 0.2) is 0 Å². The molecule has 0 bridgehead atoms. The lowest BCUT2D eigenvalue weighted by molar-refractivity contribution is 0.0946. The van der Waals surface area contributed by atoms with Crippen LogP contribution in [0.5, 0.6) is 0 Å². The molecule has 4 aromatic rings. The van der Waals surface area contributed by atoms with Crippen molar-refractivity contribution < 1.29 is 13.6 Å². The molecule has 7 heteroatoms. The third-order valence-corrected chi connectivity index (χ3v) is 4.40. The Bertz CT molecular complexity index is 1140. The second kappa shape index (κ2) is 8.02. The van der Waals surface area contributed by atoms with Gasteiger partial charge < -0.3 is 10.3 Å². The SMILES string of the molecule is O=C(NCc1cc(-c2ccc(F)cc2)ncn1)c1cc(-c2ccc(F)cc2)c[nH]1. The van der Waals surface area contributed by atoms with Crippen LogP contribution in [0, 0.1) is 11.6 Å². The number of rotatable bonds is 5. The highest BCUT2D eigenvalue weighted by molar-refractivity contribution is 5.93. The van der Waals surface area contributed by atoms with Gasteiger partial charge in [-0.1, -0.05) is 12.1 Å². The van der Waals surface area contributed by atoms with Crippen molar-refractivity contribution in [2.75, 3.05) is 0 Å². The van der Waals surface area contributed by atoms with Crippen molar-refractivity contribution in [3.8, 4) is 22.4 Å². The molecule has 0 aliphatic heterocycles. The van der Waals surface area contributed by atoms with Crippen LogP contribution in [0.15, 0.2) is 73.2 Å². The smallest absolute Gasteiger partial charge is 0.268 e. The zero-order chi connectivity index (χ0) is 20.2. The number of H-pyrrole nitrogens is 1. The summed E-state index contributed by atoms with van der Waals surface area (Å²) >= 11 is 0. The first-order chi connectivity index (χ1) is 14.1. The van der Waals surface area contributed by atoms with Gasteiger partial charge in [-0.05, 0) is 59.7 Å². The molecule has 5 nitrogen and oxygen atoms in total. The number of amides is 1. The Kier molecular flexibility index (Phi) is 5.11. The number of carbonyl (C=O) groups excluding carboxylic acids is 1. The predicted molar refractivity (Wildman–Crippen MR) is 105 cm³/mol. The molecule has 29 heavy (non-hydrogen) atoms. The number of nitrogens with zero attached hydrogens (tertiary/aromatic N) is 2. The van der Waals surface area contributed by atoms with Gasteiger partial charge in [0.25, 0.3) is 5.91 Å². The second-order valence-corrected chi connectivity index (χ2v) is 6.39. The molecule has 0 spiro atoms. The van der Waals surface area contributed by atoms with Crippen molar-refractivity contribution in [3.63, 3.8) is 0 Å².